The van der Waals surface area contributed by atoms with Crippen LogP contribution in [0.1, 0.15) is 0 Å². The van der Waals surface area contributed by atoms with Crippen molar-refractivity contribution in [1.82, 2.24) is 5.32 Å². The summed E-state index contributed by atoms with van der Waals surface area (Å²) in [6.07, 6.45) is 0.718. The van der Waals surface area contributed by atoms with Crippen LogP contribution in [-0.4, -0.2) is 47.4 Å². The predicted molar refractivity (Wildman–Crippen MR) is 73.4 cm³/mol. The zero-order valence-corrected chi connectivity index (χ0v) is 12.7. The minimum Gasteiger partial charge on any atom is -0.383 e. The van der Waals surface area contributed by atoms with E-state index >= 15 is 0 Å². The number of amides is 1. The van der Waals surface area contributed by atoms with Gasteiger partial charge in [-0.2, -0.15) is 0 Å². The molecule has 1 rings (SSSR count). The first kappa shape index (κ1) is 18.2. The van der Waals surface area contributed by atoms with Crippen LogP contribution in [0.2, 0.25) is 0 Å². The Morgan fingerprint density at radius 3 is 2.45 bits per heavy atom. The fourth-order valence-corrected chi connectivity index (χ4v) is 2.42. The number of hydrogen-bond acceptors (Lipinski definition) is 4. The van der Waals surface area contributed by atoms with E-state index in [1.54, 1.807) is 0 Å². The van der Waals surface area contributed by atoms with E-state index in [9.17, 15) is 26.4 Å². The molecule has 1 amide bonds. The molecule has 0 aliphatic rings. The second-order valence-corrected chi connectivity index (χ2v) is 6.21. The van der Waals surface area contributed by atoms with Crippen molar-refractivity contribution in [1.29, 1.82) is 0 Å². The van der Waals surface area contributed by atoms with Crippen LogP contribution in [0.25, 0.3) is 0 Å². The molecule has 0 heterocycles. The summed E-state index contributed by atoms with van der Waals surface area (Å²) in [5.41, 5.74) is -0.747. The van der Waals surface area contributed by atoms with E-state index in [-0.39, 0.29) is 13.2 Å². The van der Waals surface area contributed by atoms with Crippen molar-refractivity contribution in [2.24, 2.45) is 0 Å². The molecule has 0 atom stereocenters. The summed E-state index contributed by atoms with van der Waals surface area (Å²) < 4.78 is 68.3. The van der Waals surface area contributed by atoms with Gasteiger partial charge in [-0.3, -0.25) is 9.10 Å². The van der Waals surface area contributed by atoms with Crippen molar-refractivity contribution in [2.45, 2.75) is 0 Å². The first-order valence-electron chi connectivity index (χ1n) is 6.05. The second kappa shape index (κ2) is 7.45. The van der Waals surface area contributed by atoms with Crippen LogP contribution in [0.5, 0.6) is 0 Å². The summed E-state index contributed by atoms with van der Waals surface area (Å²) in [4.78, 5) is 11.6. The summed E-state index contributed by atoms with van der Waals surface area (Å²) in [6.45, 7) is -0.456. The highest BCUT2D eigenvalue weighted by Crippen LogP contribution is 2.25. The first-order chi connectivity index (χ1) is 10.2. The number of halogens is 3. The van der Waals surface area contributed by atoms with Crippen LogP contribution >= 0.6 is 0 Å². The molecule has 0 radical (unpaired) electrons. The smallest absolute Gasteiger partial charge is 0.240 e. The van der Waals surface area contributed by atoms with Crippen LogP contribution in [-0.2, 0) is 19.6 Å². The molecule has 0 aliphatic heterocycles. The molecule has 1 aromatic carbocycles. The lowest BCUT2D eigenvalue weighted by atomic mass is 10.2. The van der Waals surface area contributed by atoms with Crippen molar-refractivity contribution < 1.29 is 31.1 Å². The quantitative estimate of drug-likeness (QED) is 0.584. The normalized spacial score (nSPS) is 11.3. The second-order valence-electron chi connectivity index (χ2n) is 4.31. The molecule has 10 heteroatoms. The SMILES string of the molecule is COCCNC(=O)CN(c1ccc(F)c(F)c1F)S(C)(=O)=O. The van der Waals surface area contributed by atoms with Gasteiger partial charge >= 0.3 is 0 Å². The number of carbonyl (C=O) groups is 1. The average molecular weight is 340 g/mol. The van der Waals surface area contributed by atoms with Crippen molar-refractivity contribution in [3.05, 3.63) is 29.6 Å². The monoisotopic (exact) mass is 340 g/mol. The van der Waals surface area contributed by atoms with Crippen molar-refractivity contribution in [2.75, 3.05) is 37.4 Å². The van der Waals surface area contributed by atoms with Crippen molar-refractivity contribution >= 4 is 21.6 Å². The standard InChI is InChI=1S/C12H15F3N2O4S/c1-21-6-5-16-10(18)7-17(22(2,19)20)9-4-3-8(13)11(14)12(9)15/h3-4H,5-7H2,1-2H3,(H,16,18). The Morgan fingerprint density at radius 2 is 1.91 bits per heavy atom. The fraction of sp³-hybridized carbons (Fsp3) is 0.417. The molecule has 0 fully saturated rings. The number of benzene rings is 1. The van der Waals surface area contributed by atoms with Gasteiger partial charge in [0.05, 0.1) is 18.6 Å². The number of sulfonamides is 1. The molecule has 0 aliphatic carbocycles. The Kier molecular flexibility index (Phi) is 6.18. The number of methoxy groups -OCH3 is 1. The number of hydrogen-bond donors (Lipinski definition) is 1. The van der Waals surface area contributed by atoms with Crippen LogP contribution in [0.4, 0.5) is 18.9 Å². The summed E-state index contributed by atoms with van der Waals surface area (Å²) in [5.74, 6) is -5.70. The lowest BCUT2D eigenvalue weighted by molar-refractivity contribution is -0.119. The Labute approximate surface area is 125 Å². The fourth-order valence-electron chi connectivity index (χ4n) is 1.57. The molecular formula is C12H15F3N2O4S. The molecule has 0 aromatic heterocycles. The largest absolute Gasteiger partial charge is 0.383 e. The van der Waals surface area contributed by atoms with Gasteiger partial charge in [-0.05, 0) is 12.1 Å². The van der Waals surface area contributed by atoms with Crippen LogP contribution in [0.15, 0.2) is 12.1 Å². The molecule has 0 spiro atoms. The van der Waals surface area contributed by atoms with Gasteiger partial charge in [0.25, 0.3) is 0 Å². The lowest BCUT2D eigenvalue weighted by Crippen LogP contribution is -2.41. The maximum Gasteiger partial charge on any atom is 0.240 e. The lowest BCUT2D eigenvalue weighted by Gasteiger charge is -2.22. The molecule has 0 bridgehead atoms. The summed E-state index contributed by atoms with van der Waals surface area (Å²) in [6, 6.07) is 1.33. The Morgan fingerprint density at radius 1 is 1.27 bits per heavy atom. The molecule has 124 valence electrons. The highest BCUT2D eigenvalue weighted by Gasteiger charge is 2.26. The van der Waals surface area contributed by atoms with Crippen LogP contribution in [0.3, 0.4) is 0 Å². The molecular weight excluding hydrogens is 325 g/mol. The third kappa shape index (κ3) is 4.60. The zero-order chi connectivity index (χ0) is 16.9. The van der Waals surface area contributed by atoms with Gasteiger partial charge in [-0.1, -0.05) is 0 Å². The number of nitrogens with zero attached hydrogens (tertiary/aromatic N) is 1. The number of ether oxygens (including phenoxy) is 1. The Bertz CT molecular complexity index is 652. The molecule has 1 N–H and O–H groups in total. The maximum atomic E-state index is 13.7. The van der Waals surface area contributed by atoms with E-state index in [1.807, 2.05) is 0 Å². The number of nitrogens with one attached hydrogen (secondary N) is 1. The highest BCUT2D eigenvalue weighted by molar-refractivity contribution is 7.92. The van der Waals surface area contributed by atoms with Gasteiger partial charge in [-0.15, -0.1) is 0 Å². The van der Waals surface area contributed by atoms with E-state index in [2.05, 4.69) is 5.32 Å². The van der Waals surface area contributed by atoms with Gasteiger partial charge in [0, 0.05) is 13.7 Å². The number of anilines is 1. The van der Waals surface area contributed by atoms with Crippen molar-refractivity contribution in [3.8, 4) is 0 Å². The molecule has 1 aromatic rings. The van der Waals surface area contributed by atoms with Gasteiger partial charge in [0.15, 0.2) is 17.5 Å². The maximum absolute atomic E-state index is 13.7. The molecule has 0 unspecified atom stereocenters. The first-order valence-corrected chi connectivity index (χ1v) is 7.90. The minimum atomic E-state index is -4.08. The van der Waals surface area contributed by atoms with E-state index in [0.717, 1.165) is 12.3 Å². The topological polar surface area (TPSA) is 75.7 Å². The molecule has 0 saturated carbocycles. The van der Waals surface area contributed by atoms with Gasteiger partial charge in [0.2, 0.25) is 15.9 Å². The van der Waals surface area contributed by atoms with E-state index in [4.69, 9.17) is 4.74 Å². The summed E-state index contributed by atoms with van der Waals surface area (Å²) >= 11 is 0. The van der Waals surface area contributed by atoms with E-state index in [1.165, 1.54) is 7.11 Å². The third-order valence-electron chi connectivity index (χ3n) is 2.60. The minimum absolute atomic E-state index is 0.118. The van der Waals surface area contributed by atoms with Gasteiger partial charge in [-0.25, -0.2) is 21.6 Å². The summed E-state index contributed by atoms with van der Waals surface area (Å²) in [5, 5.41) is 2.34. The predicted octanol–water partition coefficient (Wildman–Crippen LogP) is 0.632. The Balaban J connectivity index is 3.06. The Hall–Kier alpha value is -1.81. The average Bonchev–Trinajstić information content (AvgIpc) is 2.42. The van der Waals surface area contributed by atoms with Crippen LogP contribution in [0, 0.1) is 17.5 Å². The molecule has 6 nitrogen and oxygen atoms in total. The van der Waals surface area contributed by atoms with Crippen LogP contribution < -0.4 is 9.62 Å². The highest BCUT2D eigenvalue weighted by atomic mass is 32.2. The van der Waals surface area contributed by atoms with Gasteiger partial charge < -0.3 is 10.1 Å². The molecule has 22 heavy (non-hydrogen) atoms. The zero-order valence-electron chi connectivity index (χ0n) is 11.9. The third-order valence-corrected chi connectivity index (χ3v) is 3.73. The summed E-state index contributed by atoms with van der Waals surface area (Å²) in [7, 11) is -2.68. The van der Waals surface area contributed by atoms with E-state index < -0.39 is 45.6 Å². The van der Waals surface area contributed by atoms with Crippen molar-refractivity contribution in [3.63, 3.8) is 0 Å². The molecule has 0 saturated heterocycles. The van der Waals surface area contributed by atoms with Gasteiger partial charge in [0.1, 0.15) is 6.54 Å². The van der Waals surface area contributed by atoms with E-state index in [0.29, 0.717) is 10.4 Å². The number of carbonyl (C=O) groups excluding carboxylic acids is 1. The number of rotatable bonds is 7.